The molecular formula is C16H31NO. The molecule has 5 unspecified atom stereocenters. The number of hydrogen-bond acceptors (Lipinski definition) is 2. The van der Waals surface area contributed by atoms with Gasteiger partial charge in [-0.1, -0.05) is 41.0 Å². The van der Waals surface area contributed by atoms with Crippen molar-refractivity contribution in [2.45, 2.75) is 72.4 Å². The lowest BCUT2D eigenvalue weighted by Crippen LogP contribution is -2.41. The summed E-state index contributed by atoms with van der Waals surface area (Å²) in [6.45, 7) is 12.5. The van der Waals surface area contributed by atoms with E-state index in [4.69, 9.17) is 10.5 Å². The fraction of sp³-hybridized carbons (Fsp3) is 1.00. The average molecular weight is 253 g/mol. The maximum absolute atomic E-state index is 6.24. The SMILES string of the molecule is CCC(C)C(N)COC1CC2CCC1(C)C2(C)C. The molecule has 2 aliphatic rings. The van der Waals surface area contributed by atoms with Gasteiger partial charge in [0.15, 0.2) is 0 Å². The Bertz CT molecular complexity index is 301. The summed E-state index contributed by atoms with van der Waals surface area (Å²) in [4.78, 5) is 0. The van der Waals surface area contributed by atoms with Gasteiger partial charge in [-0.2, -0.15) is 0 Å². The van der Waals surface area contributed by atoms with Crippen LogP contribution in [-0.2, 0) is 4.74 Å². The highest BCUT2D eigenvalue weighted by molar-refractivity contribution is 5.11. The lowest BCUT2D eigenvalue weighted by Gasteiger charge is -2.39. The van der Waals surface area contributed by atoms with E-state index in [1.165, 1.54) is 19.3 Å². The molecule has 5 atom stereocenters. The second-order valence-corrected chi connectivity index (χ2v) is 7.48. The van der Waals surface area contributed by atoms with Crippen molar-refractivity contribution in [3.8, 4) is 0 Å². The third-order valence-electron chi connectivity index (χ3n) is 6.58. The van der Waals surface area contributed by atoms with Crippen LogP contribution in [0.2, 0.25) is 0 Å². The second kappa shape index (κ2) is 4.79. The van der Waals surface area contributed by atoms with Gasteiger partial charge in [-0.25, -0.2) is 0 Å². The Labute approximate surface area is 113 Å². The van der Waals surface area contributed by atoms with Crippen LogP contribution in [-0.4, -0.2) is 18.8 Å². The highest BCUT2D eigenvalue weighted by Crippen LogP contribution is 2.66. The minimum Gasteiger partial charge on any atom is -0.376 e. The number of fused-ring (bicyclic) bond motifs is 2. The van der Waals surface area contributed by atoms with Crippen molar-refractivity contribution in [3.05, 3.63) is 0 Å². The molecule has 0 aliphatic heterocycles. The average Bonchev–Trinajstić information content (AvgIpc) is 2.67. The normalized spacial score (nSPS) is 41.0. The smallest absolute Gasteiger partial charge is 0.0637 e. The molecule has 2 saturated carbocycles. The monoisotopic (exact) mass is 253 g/mol. The Morgan fingerprint density at radius 3 is 2.44 bits per heavy atom. The highest BCUT2D eigenvalue weighted by Gasteiger charge is 2.61. The van der Waals surface area contributed by atoms with E-state index in [0.29, 0.717) is 22.9 Å². The van der Waals surface area contributed by atoms with E-state index in [2.05, 4.69) is 34.6 Å². The Hall–Kier alpha value is -0.0800. The van der Waals surface area contributed by atoms with Crippen LogP contribution in [0.25, 0.3) is 0 Å². The summed E-state index contributed by atoms with van der Waals surface area (Å²) in [6, 6.07) is 0.195. The molecule has 18 heavy (non-hydrogen) atoms. The maximum Gasteiger partial charge on any atom is 0.0637 e. The summed E-state index contributed by atoms with van der Waals surface area (Å²) < 4.78 is 6.24. The molecule has 2 fully saturated rings. The predicted octanol–water partition coefficient (Wildman–Crippen LogP) is 3.59. The van der Waals surface area contributed by atoms with E-state index < -0.39 is 0 Å². The van der Waals surface area contributed by atoms with Crippen molar-refractivity contribution in [2.75, 3.05) is 6.61 Å². The van der Waals surface area contributed by atoms with E-state index in [9.17, 15) is 0 Å². The molecule has 0 heterocycles. The van der Waals surface area contributed by atoms with Gasteiger partial charge in [0.05, 0.1) is 12.7 Å². The molecule has 2 nitrogen and oxygen atoms in total. The fourth-order valence-electron chi connectivity index (χ4n) is 4.08. The van der Waals surface area contributed by atoms with Crippen LogP contribution in [0.5, 0.6) is 0 Å². The standard InChI is InChI=1S/C16H31NO/c1-6-11(2)13(17)10-18-14-9-12-7-8-16(14,5)15(12,3)4/h11-14H,6-10,17H2,1-5H3. The molecule has 0 aromatic heterocycles. The number of rotatable bonds is 5. The number of hydrogen-bond donors (Lipinski definition) is 1. The van der Waals surface area contributed by atoms with Crippen LogP contribution in [0.4, 0.5) is 0 Å². The zero-order valence-electron chi connectivity index (χ0n) is 12.8. The summed E-state index contributed by atoms with van der Waals surface area (Å²) in [5, 5.41) is 0. The van der Waals surface area contributed by atoms with Crippen molar-refractivity contribution in [2.24, 2.45) is 28.4 Å². The van der Waals surface area contributed by atoms with Gasteiger partial charge in [0.25, 0.3) is 0 Å². The second-order valence-electron chi connectivity index (χ2n) is 7.48. The van der Waals surface area contributed by atoms with Gasteiger partial charge in [-0.15, -0.1) is 0 Å². The van der Waals surface area contributed by atoms with Gasteiger partial charge in [0, 0.05) is 6.04 Å². The zero-order valence-corrected chi connectivity index (χ0v) is 12.8. The largest absolute Gasteiger partial charge is 0.376 e. The van der Waals surface area contributed by atoms with Crippen LogP contribution >= 0.6 is 0 Å². The van der Waals surface area contributed by atoms with Crippen molar-refractivity contribution in [1.82, 2.24) is 0 Å². The molecule has 0 aromatic carbocycles. The molecule has 106 valence electrons. The van der Waals surface area contributed by atoms with Crippen LogP contribution in [0.1, 0.15) is 60.3 Å². The van der Waals surface area contributed by atoms with E-state index in [1.807, 2.05) is 0 Å². The Morgan fingerprint density at radius 1 is 1.33 bits per heavy atom. The van der Waals surface area contributed by atoms with Gasteiger partial charge in [0.1, 0.15) is 0 Å². The van der Waals surface area contributed by atoms with Crippen LogP contribution < -0.4 is 5.73 Å². The quantitative estimate of drug-likeness (QED) is 0.812. The van der Waals surface area contributed by atoms with Crippen molar-refractivity contribution in [1.29, 1.82) is 0 Å². The molecule has 0 spiro atoms. The third kappa shape index (κ3) is 2.02. The Morgan fingerprint density at radius 2 is 2.00 bits per heavy atom. The minimum atomic E-state index is 0.195. The first-order valence-electron chi connectivity index (χ1n) is 7.70. The van der Waals surface area contributed by atoms with Crippen LogP contribution in [0.15, 0.2) is 0 Å². The molecule has 2 aliphatic carbocycles. The molecule has 2 rings (SSSR count). The maximum atomic E-state index is 6.24. The van der Waals surface area contributed by atoms with Crippen LogP contribution in [0, 0.1) is 22.7 Å². The van der Waals surface area contributed by atoms with Gasteiger partial charge in [-0.05, 0) is 41.9 Å². The summed E-state index contributed by atoms with van der Waals surface area (Å²) in [5.74, 6) is 1.41. The summed E-state index contributed by atoms with van der Waals surface area (Å²) >= 11 is 0. The van der Waals surface area contributed by atoms with Crippen molar-refractivity contribution >= 4 is 0 Å². The molecule has 2 N–H and O–H groups in total. The lowest BCUT2D eigenvalue weighted by molar-refractivity contribution is -0.0542. The predicted molar refractivity (Wildman–Crippen MR) is 76.4 cm³/mol. The van der Waals surface area contributed by atoms with Gasteiger partial charge in [-0.3, -0.25) is 0 Å². The molecule has 2 heteroatoms. The van der Waals surface area contributed by atoms with Crippen LogP contribution in [0.3, 0.4) is 0 Å². The lowest BCUT2D eigenvalue weighted by atomic mass is 9.70. The van der Waals surface area contributed by atoms with Gasteiger partial charge in [0.2, 0.25) is 0 Å². The summed E-state index contributed by atoms with van der Waals surface area (Å²) in [5.41, 5.74) is 7.00. The van der Waals surface area contributed by atoms with Crippen molar-refractivity contribution in [3.63, 3.8) is 0 Å². The first kappa shape index (κ1) is 14.3. The fourth-order valence-corrected chi connectivity index (χ4v) is 4.08. The zero-order chi connectivity index (χ0) is 13.6. The van der Waals surface area contributed by atoms with Gasteiger partial charge >= 0.3 is 0 Å². The Balaban J connectivity index is 1.93. The molecule has 0 radical (unpaired) electrons. The number of ether oxygens (including phenoxy) is 1. The minimum absolute atomic E-state index is 0.195. The summed E-state index contributed by atoms with van der Waals surface area (Å²) in [7, 11) is 0. The van der Waals surface area contributed by atoms with E-state index in [-0.39, 0.29) is 6.04 Å². The van der Waals surface area contributed by atoms with Crippen molar-refractivity contribution < 1.29 is 4.74 Å². The third-order valence-corrected chi connectivity index (χ3v) is 6.58. The van der Waals surface area contributed by atoms with E-state index in [1.54, 1.807) is 0 Å². The molecule has 0 amide bonds. The van der Waals surface area contributed by atoms with E-state index in [0.717, 1.165) is 18.9 Å². The summed E-state index contributed by atoms with van der Waals surface area (Å²) in [6.07, 6.45) is 5.53. The first-order chi connectivity index (χ1) is 8.33. The molecule has 2 bridgehead atoms. The first-order valence-corrected chi connectivity index (χ1v) is 7.70. The van der Waals surface area contributed by atoms with Gasteiger partial charge < -0.3 is 10.5 Å². The topological polar surface area (TPSA) is 35.2 Å². The molecule has 0 saturated heterocycles. The Kier molecular flexibility index (Phi) is 3.81. The molecule has 0 aromatic rings. The molecular weight excluding hydrogens is 222 g/mol. The number of nitrogens with two attached hydrogens (primary N) is 1. The highest BCUT2D eigenvalue weighted by atomic mass is 16.5. The van der Waals surface area contributed by atoms with E-state index >= 15 is 0 Å².